The van der Waals surface area contributed by atoms with Crippen LogP contribution in [-0.2, 0) is 11.2 Å². The van der Waals surface area contributed by atoms with E-state index in [0.717, 1.165) is 24.8 Å². The molecule has 104 valence electrons. The molecule has 0 saturated carbocycles. The van der Waals surface area contributed by atoms with Gasteiger partial charge in [-0.3, -0.25) is 4.79 Å². The lowest BCUT2D eigenvalue weighted by atomic mass is 9.75. The Hall–Kier alpha value is -1.29. The van der Waals surface area contributed by atoms with E-state index < -0.39 is 0 Å². The minimum absolute atomic E-state index is 0.139. The molecule has 3 rings (SSSR count). The number of piperidine rings is 1. The molecule has 1 fully saturated rings. The van der Waals surface area contributed by atoms with Crippen molar-refractivity contribution in [1.29, 1.82) is 0 Å². The molecule has 2 aliphatic rings. The van der Waals surface area contributed by atoms with Gasteiger partial charge in [-0.2, -0.15) is 0 Å². The third-order valence-corrected chi connectivity index (χ3v) is 4.44. The summed E-state index contributed by atoms with van der Waals surface area (Å²) in [5, 5.41) is 13.2. The third kappa shape index (κ3) is 2.29. The summed E-state index contributed by atoms with van der Waals surface area (Å²) in [5.41, 5.74) is 2.47. The molecule has 1 aliphatic heterocycles. The lowest BCUT2D eigenvalue weighted by Gasteiger charge is -2.35. The molecule has 1 aliphatic carbocycles. The van der Waals surface area contributed by atoms with Gasteiger partial charge in [-0.25, -0.2) is 0 Å². The highest BCUT2D eigenvalue weighted by Gasteiger charge is 2.34. The quantitative estimate of drug-likeness (QED) is 0.812. The first-order valence-electron chi connectivity index (χ1n) is 7.11. The molecule has 0 radical (unpaired) electrons. The van der Waals surface area contributed by atoms with Crippen LogP contribution in [0.2, 0.25) is 0 Å². The van der Waals surface area contributed by atoms with Gasteiger partial charge in [0.15, 0.2) is 0 Å². The highest BCUT2D eigenvalue weighted by atomic mass is 16.3. The van der Waals surface area contributed by atoms with Gasteiger partial charge in [-0.05, 0) is 30.7 Å². The summed E-state index contributed by atoms with van der Waals surface area (Å²) in [7, 11) is 0. The molecule has 1 aromatic heterocycles. The zero-order chi connectivity index (χ0) is 13.6. The Kier molecular flexibility index (Phi) is 2.93. The number of carbonyl (C=O) groups is 1. The standard InChI is InChI=1S/C15H22N2O2/c1-15(2)7-12-11(13(18)8-15)5-6-17(12)10-3-4-14(19)16-9-10/h5-6,10,13,18H,3-4,7-9H2,1-2H3,(H,16,19). The second-order valence-electron chi connectivity index (χ2n) is 6.68. The van der Waals surface area contributed by atoms with Crippen molar-refractivity contribution in [2.24, 2.45) is 5.41 Å². The Bertz CT molecular complexity index is 494. The maximum Gasteiger partial charge on any atom is 0.220 e. The van der Waals surface area contributed by atoms with Crippen LogP contribution in [0, 0.1) is 5.41 Å². The molecule has 2 atom stereocenters. The number of hydrogen-bond donors (Lipinski definition) is 2. The lowest BCUT2D eigenvalue weighted by Crippen LogP contribution is -2.37. The highest BCUT2D eigenvalue weighted by molar-refractivity contribution is 5.76. The van der Waals surface area contributed by atoms with Crippen LogP contribution in [0.3, 0.4) is 0 Å². The van der Waals surface area contributed by atoms with E-state index in [2.05, 4.69) is 29.9 Å². The molecular weight excluding hydrogens is 240 g/mol. The van der Waals surface area contributed by atoms with Crippen molar-refractivity contribution >= 4 is 5.91 Å². The van der Waals surface area contributed by atoms with E-state index in [1.165, 1.54) is 5.69 Å². The molecule has 2 N–H and O–H groups in total. The van der Waals surface area contributed by atoms with Crippen molar-refractivity contribution in [1.82, 2.24) is 9.88 Å². The summed E-state index contributed by atoms with van der Waals surface area (Å²) in [5.74, 6) is 0.151. The van der Waals surface area contributed by atoms with Gasteiger partial charge in [0.05, 0.1) is 12.1 Å². The normalized spacial score (nSPS) is 29.7. The van der Waals surface area contributed by atoms with Crippen LogP contribution < -0.4 is 5.32 Å². The van der Waals surface area contributed by atoms with Crippen LogP contribution in [0.15, 0.2) is 12.3 Å². The monoisotopic (exact) mass is 262 g/mol. The molecule has 1 aromatic rings. The van der Waals surface area contributed by atoms with Gasteiger partial charge < -0.3 is 15.0 Å². The van der Waals surface area contributed by atoms with Gasteiger partial charge in [0.2, 0.25) is 5.91 Å². The fraction of sp³-hybridized carbons (Fsp3) is 0.667. The number of carbonyl (C=O) groups excluding carboxylic acids is 1. The van der Waals surface area contributed by atoms with E-state index in [1.807, 2.05) is 6.07 Å². The Morgan fingerprint density at radius 1 is 1.47 bits per heavy atom. The van der Waals surface area contributed by atoms with Gasteiger partial charge in [0, 0.05) is 30.4 Å². The summed E-state index contributed by atoms with van der Waals surface area (Å²) >= 11 is 0. The van der Waals surface area contributed by atoms with Gasteiger partial charge in [0.1, 0.15) is 0 Å². The maximum atomic E-state index is 11.3. The largest absolute Gasteiger partial charge is 0.388 e. The third-order valence-electron chi connectivity index (χ3n) is 4.44. The number of fused-ring (bicyclic) bond motifs is 1. The van der Waals surface area contributed by atoms with E-state index >= 15 is 0 Å². The Morgan fingerprint density at radius 2 is 2.26 bits per heavy atom. The number of aliphatic hydroxyl groups excluding tert-OH is 1. The summed E-state index contributed by atoms with van der Waals surface area (Å²) in [4.78, 5) is 11.3. The van der Waals surface area contributed by atoms with Gasteiger partial charge in [-0.15, -0.1) is 0 Å². The van der Waals surface area contributed by atoms with Crippen molar-refractivity contribution in [2.75, 3.05) is 6.54 Å². The second-order valence-corrected chi connectivity index (χ2v) is 6.68. The average Bonchev–Trinajstić information content (AvgIpc) is 2.72. The first-order valence-corrected chi connectivity index (χ1v) is 7.11. The first-order chi connectivity index (χ1) is 8.96. The van der Waals surface area contributed by atoms with Crippen molar-refractivity contribution in [2.45, 2.75) is 51.7 Å². The van der Waals surface area contributed by atoms with Gasteiger partial charge in [-0.1, -0.05) is 13.8 Å². The lowest BCUT2D eigenvalue weighted by molar-refractivity contribution is -0.122. The number of rotatable bonds is 1. The van der Waals surface area contributed by atoms with Crippen LogP contribution in [0.1, 0.15) is 56.5 Å². The van der Waals surface area contributed by atoms with Crippen LogP contribution in [0.25, 0.3) is 0 Å². The van der Waals surface area contributed by atoms with E-state index in [1.54, 1.807) is 0 Å². The summed E-state index contributed by atoms with van der Waals surface area (Å²) in [6.07, 6.45) is 5.05. The van der Waals surface area contributed by atoms with Crippen LogP contribution in [0.5, 0.6) is 0 Å². The molecule has 19 heavy (non-hydrogen) atoms. The maximum absolute atomic E-state index is 11.3. The molecule has 0 spiro atoms. The molecule has 2 heterocycles. The van der Waals surface area contributed by atoms with E-state index in [9.17, 15) is 9.90 Å². The predicted octanol–water partition coefficient (Wildman–Crippen LogP) is 1.94. The summed E-state index contributed by atoms with van der Waals surface area (Å²) in [6, 6.07) is 2.38. The minimum Gasteiger partial charge on any atom is -0.388 e. The molecular formula is C15H22N2O2. The SMILES string of the molecule is CC1(C)Cc2c(ccn2C2CCC(=O)NC2)C(O)C1. The first kappa shape index (κ1) is 12.7. The van der Waals surface area contributed by atoms with Gasteiger partial charge in [0.25, 0.3) is 0 Å². The fourth-order valence-electron chi connectivity index (χ4n) is 3.45. The average molecular weight is 262 g/mol. The number of nitrogens with zero attached hydrogens (tertiary/aromatic N) is 1. The zero-order valence-electron chi connectivity index (χ0n) is 11.6. The van der Waals surface area contributed by atoms with Crippen molar-refractivity contribution in [3.8, 4) is 0 Å². The molecule has 4 nitrogen and oxygen atoms in total. The molecule has 4 heteroatoms. The number of amides is 1. The van der Waals surface area contributed by atoms with Crippen molar-refractivity contribution in [3.05, 3.63) is 23.5 Å². The van der Waals surface area contributed by atoms with Crippen molar-refractivity contribution in [3.63, 3.8) is 0 Å². The van der Waals surface area contributed by atoms with Crippen LogP contribution in [-0.4, -0.2) is 22.1 Å². The molecule has 1 saturated heterocycles. The molecule has 0 aromatic carbocycles. The number of aliphatic hydroxyl groups is 1. The fourth-order valence-corrected chi connectivity index (χ4v) is 3.45. The smallest absolute Gasteiger partial charge is 0.220 e. The molecule has 1 amide bonds. The Morgan fingerprint density at radius 3 is 2.95 bits per heavy atom. The molecule has 2 unspecified atom stereocenters. The Balaban J connectivity index is 1.90. The van der Waals surface area contributed by atoms with Gasteiger partial charge >= 0.3 is 0 Å². The number of aromatic nitrogens is 1. The Labute approximate surface area is 113 Å². The van der Waals surface area contributed by atoms with Crippen LogP contribution in [0.4, 0.5) is 0 Å². The minimum atomic E-state index is -0.349. The summed E-state index contributed by atoms with van der Waals surface area (Å²) in [6.45, 7) is 5.12. The predicted molar refractivity (Wildman–Crippen MR) is 72.8 cm³/mol. The van der Waals surface area contributed by atoms with E-state index in [-0.39, 0.29) is 17.4 Å². The summed E-state index contributed by atoms with van der Waals surface area (Å²) < 4.78 is 2.28. The van der Waals surface area contributed by atoms with Crippen molar-refractivity contribution < 1.29 is 9.90 Å². The highest BCUT2D eigenvalue weighted by Crippen LogP contribution is 2.42. The number of nitrogens with one attached hydrogen (secondary N) is 1. The zero-order valence-corrected chi connectivity index (χ0v) is 11.6. The second kappa shape index (κ2) is 4.37. The topological polar surface area (TPSA) is 54.3 Å². The molecule has 0 bridgehead atoms. The number of hydrogen-bond acceptors (Lipinski definition) is 2. The van der Waals surface area contributed by atoms with E-state index in [0.29, 0.717) is 19.0 Å². The van der Waals surface area contributed by atoms with Crippen LogP contribution >= 0.6 is 0 Å². The van der Waals surface area contributed by atoms with E-state index in [4.69, 9.17) is 0 Å².